The van der Waals surface area contributed by atoms with Gasteiger partial charge < -0.3 is 10.1 Å². The Hall–Kier alpha value is -3.48. The molecule has 2 aliphatic rings. The van der Waals surface area contributed by atoms with Gasteiger partial charge in [0.1, 0.15) is 5.75 Å². The summed E-state index contributed by atoms with van der Waals surface area (Å²) >= 11 is 12.7. The van der Waals surface area contributed by atoms with Crippen LogP contribution in [0.1, 0.15) is 12.0 Å². The number of rotatable bonds is 3. The van der Waals surface area contributed by atoms with E-state index in [2.05, 4.69) is 10.7 Å². The molecule has 0 bridgehead atoms. The van der Waals surface area contributed by atoms with E-state index in [-0.39, 0.29) is 27.4 Å². The number of anilines is 2. The van der Waals surface area contributed by atoms with E-state index in [4.69, 9.17) is 27.9 Å². The third kappa shape index (κ3) is 3.70. The van der Waals surface area contributed by atoms with Crippen molar-refractivity contribution in [3.63, 3.8) is 0 Å². The zero-order valence-corrected chi connectivity index (χ0v) is 16.7. The Morgan fingerprint density at radius 2 is 1.80 bits per heavy atom. The molecule has 0 aliphatic carbocycles. The van der Waals surface area contributed by atoms with Crippen molar-refractivity contribution in [3.05, 3.63) is 45.9 Å². The minimum atomic E-state index is -1.29. The number of halogens is 2. The van der Waals surface area contributed by atoms with E-state index in [9.17, 15) is 19.6 Å². The van der Waals surface area contributed by atoms with Crippen LogP contribution in [0.4, 0.5) is 16.2 Å². The lowest BCUT2D eigenvalue weighted by Crippen LogP contribution is -2.64. The van der Waals surface area contributed by atoms with Crippen LogP contribution >= 0.6 is 23.2 Å². The van der Waals surface area contributed by atoms with Crippen LogP contribution in [0.25, 0.3) is 0 Å². The maximum Gasteiger partial charge on any atom is 0.340 e. The Morgan fingerprint density at radius 1 is 1.07 bits per heavy atom. The molecule has 2 heterocycles. The summed E-state index contributed by atoms with van der Waals surface area (Å²) in [7, 11) is 0. The second kappa shape index (κ2) is 7.74. The molecule has 9 nitrogen and oxygen atoms in total. The highest BCUT2D eigenvalue weighted by atomic mass is 35.5. The highest BCUT2D eigenvalue weighted by Crippen LogP contribution is 2.41. The van der Waals surface area contributed by atoms with Gasteiger partial charge in [0.25, 0.3) is 5.91 Å². The van der Waals surface area contributed by atoms with E-state index in [1.54, 1.807) is 24.3 Å². The fourth-order valence-electron chi connectivity index (χ4n) is 3.15. The summed E-state index contributed by atoms with van der Waals surface area (Å²) in [5.74, 6) is -0.160. The van der Waals surface area contributed by atoms with Crippen molar-refractivity contribution in [2.45, 2.75) is 18.9 Å². The third-order valence-electron chi connectivity index (χ3n) is 4.54. The smallest absolute Gasteiger partial charge is 0.340 e. The van der Waals surface area contributed by atoms with Gasteiger partial charge in [-0.15, -0.1) is 0 Å². The molecular weight excluding hydrogens is 433 g/mol. The van der Waals surface area contributed by atoms with Crippen LogP contribution in [-0.4, -0.2) is 23.9 Å². The molecule has 30 heavy (non-hydrogen) atoms. The number of nitriles is 1. The molecule has 1 unspecified atom stereocenters. The number of carbonyl (C=O) groups excluding carboxylic acids is 3. The number of nitrogens with one attached hydrogen (secondary N) is 3. The molecule has 4 rings (SSSR count). The normalized spacial score (nSPS) is 18.0. The molecule has 0 aromatic heterocycles. The van der Waals surface area contributed by atoms with Gasteiger partial charge in [0.15, 0.2) is 5.75 Å². The van der Waals surface area contributed by atoms with E-state index in [0.29, 0.717) is 18.6 Å². The monoisotopic (exact) mass is 445 g/mol. The molecule has 152 valence electrons. The van der Waals surface area contributed by atoms with E-state index in [1.165, 1.54) is 12.1 Å². The predicted octanol–water partition coefficient (Wildman–Crippen LogP) is 3.12. The van der Waals surface area contributed by atoms with Gasteiger partial charge in [0.05, 0.1) is 21.8 Å². The quantitative estimate of drug-likeness (QED) is 0.666. The Bertz CT molecular complexity index is 1110. The molecule has 2 aromatic rings. The van der Waals surface area contributed by atoms with Crippen molar-refractivity contribution >= 4 is 52.4 Å². The topological polar surface area (TPSA) is 124 Å². The number of imide groups is 1. The second-order valence-corrected chi connectivity index (χ2v) is 7.35. The van der Waals surface area contributed by atoms with Crippen molar-refractivity contribution in [1.29, 1.82) is 5.26 Å². The van der Waals surface area contributed by atoms with Crippen LogP contribution in [0.2, 0.25) is 10.0 Å². The number of nitrogens with zero attached hydrogens (tertiary/aromatic N) is 2. The number of ether oxygens (including phenoxy) is 1. The average Bonchev–Trinajstić information content (AvgIpc) is 2.70. The lowest BCUT2D eigenvalue weighted by Gasteiger charge is -2.32. The van der Waals surface area contributed by atoms with Crippen molar-refractivity contribution < 1.29 is 19.1 Å². The summed E-state index contributed by atoms with van der Waals surface area (Å²) in [5, 5.41) is 15.4. The molecule has 2 aliphatic heterocycles. The third-order valence-corrected chi connectivity index (χ3v) is 5.10. The number of fused-ring (bicyclic) bond motifs is 1. The molecule has 0 spiro atoms. The number of benzene rings is 2. The molecule has 0 saturated carbocycles. The van der Waals surface area contributed by atoms with Crippen molar-refractivity contribution in [2.75, 3.05) is 10.3 Å². The van der Waals surface area contributed by atoms with Gasteiger partial charge in [0.2, 0.25) is 11.9 Å². The van der Waals surface area contributed by atoms with E-state index >= 15 is 0 Å². The second-order valence-electron chi connectivity index (χ2n) is 6.54. The SMILES string of the molecule is N#CC1C(=O)NC(=O)NN1c1cc(Cl)c(Oc2ccc3c(c2)CCC(=O)N3)c(Cl)c1. The number of amides is 4. The van der Waals surface area contributed by atoms with Crippen molar-refractivity contribution in [3.8, 4) is 17.6 Å². The molecule has 1 atom stereocenters. The van der Waals surface area contributed by atoms with Crippen LogP contribution in [0, 0.1) is 11.3 Å². The van der Waals surface area contributed by atoms with Crippen LogP contribution < -0.4 is 25.8 Å². The zero-order chi connectivity index (χ0) is 21.4. The summed E-state index contributed by atoms with van der Waals surface area (Å²) in [5.41, 5.74) is 4.26. The zero-order valence-electron chi connectivity index (χ0n) is 15.2. The molecule has 2 aromatic carbocycles. The molecule has 0 radical (unpaired) electrons. The minimum Gasteiger partial charge on any atom is -0.454 e. The van der Waals surface area contributed by atoms with Crippen molar-refractivity contribution in [2.24, 2.45) is 0 Å². The molecule has 4 amide bonds. The molecular formula is C19H13Cl2N5O4. The predicted molar refractivity (Wildman–Crippen MR) is 108 cm³/mol. The molecule has 11 heteroatoms. The summed E-state index contributed by atoms with van der Waals surface area (Å²) < 4.78 is 5.84. The standard InChI is InChI=1S/C19H13Cl2N5O4/c20-12-6-10(26-15(8-22)18(28)24-19(29)25-26)7-13(21)17(12)30-11-2-3-14-9(5-11)1-4-16(27)23-14/h2-3,5-7,15H,1,4H2,(H,23,27)(H2,24,25,28,29). The van der Waals surface area contributed by atoms with Gasteiger partial charge >= 0.3 is 6.03 Å². The first-order chi connectivity index (χ1) is 14.4. The highest BCUT2D eigenvalue weighted by Gasteiger charge is 2.34. The maximum atomic E-state index is 11.9. The number of carbonyl (C=O) groups is 3. The number of hydrogen-bond acceptors (Lipinski definition) is 6. The van der Waals surface area contributed by atoms with Gasteiger partial charge in [0, 0.05) is 12.1 Å². The highest BCUT2D eigenvalue weighted by molar-refractivity contribution is 6.37. The first-order valence-corrected chi connectivity index (χ1v) is 9.51. The van der Waals surface area contributed by atoms with E-state index < -0.39 is 18.0 Å². The van der Waals surface area contributed by atoms with Crippen LogP contribution in [0.3, 0.4) is 0 Å². The molecule has 1 saturated heterocycles. The Labute approximate surface area is 180 Å². The number of aryl methyl sites for hydroxylation is 1. The summed E-state index contributed by atoms with van der Waals surface area (Å²) in [4.78, 5) is 35.0. The van der Waals surface area contributed by atoms with Crippen LogP contribution in [0.15, 0.2) is 30.3 Å². The van der Waals surface area contributed by atoms with Gasteiger partial charge in [-0.05, 0) is 42.3 Å². The molecule has 3 N–H and O–H groups in total. The number of urea groups is 1. The summed E-state index contributed by atoms with van der Waals surface area (Å²) in [6.45, 7) is 0. The van der Waals surface area contributed by atoms with E-state index in [0.717, 1.165) is 16.3 Å². The number of hydrogen-bond donors (Lipinski definition) is 3. The van der Waals surface area contributed by atoms with Crippen LogP contribution in [-0.2, 0) is 16.0 Å². The lowest BCUT2D eigenvalue weighted by molar-refractivity contribution is -0.121. The Morgan fingerprint density at radius 3 is 2.50 bits per heavy atom. The van der Waals surface area contributed by atoms with Crippen molar-refractivity contribution in [1.82, 2.24) is 10.7 Å². The van der Waals surface area contributed by atoms with Gasteiger partial charge in [-0.3, -0.25) is 19.9 Å². The van der Waals surface area contributed by atoms with Gasteiger partial charge in [-0.2, -0.15) is 5.26 Å². The van der Waals surface area contributed by atoms with Gasteiger partial charge in [-0.1, -0.05) is 23.2 Å². The largest absolute Gasteiger partial charge is 0.454 e. The summed E-state index contributed by atoms with van der Waals surface area (Å²) in [6, 6.07) is 7.76. The Kier molecular flexibility index (Phi) is 5.11. The number of hydrazine groups is 1. The van der Waals surface area contributed by atoms with Gasteiger partial charge in [-0.25, -0.2) is 10.2 Å². The first kappa shape index (κ1) is 19.8. The fraction of sp³-hybridized carbons (Fsp3) is 0.158. The van der Waals surface area contributed by atoms with E-state index in [1.807, 2.05) is 5.32 Å². The Balaban J connectivity index is 1.62. The fourth-order valence-corrected chi connectivity index (χ4v) is 3.71. The minimum absolute atomic E-state index is 0.0352. The first-order valence-electron chi connectivity index (χ1n) is 8.75. The lowest BCUT2D eigenvalue weighted by atomic mass is 10.0. The van der Waals surface area contributed by atoms with Crippen LogP contribution in [0.5, 0.6) is 11.5 Å². The average molecular weight is 446 g/mol. The summed E-state index contributed by atoms with van der Waals surface area (Å²) in [6.07, 6.45) is 0.979. The molecule has 1 fully saturated rings. The maximum absolute atomic E-state index is 11.9.